The summed E-state index contributed by atoms with van der Waals surface area (Å²) in [7, 11) is 1.54. The number of anilines is 2. The second-order valence-corrected chi connectivity index (χ2v) is 12.3. The van der Waals surface area contributed by atoms with Gasteiger partial charge in [-0.15, -0.1) is 0 Å². The predicted molar refractivity (Wildman–Crippen MR) is 171 cm³/mol. The number of nitrogens with one attached hydrogen (secondary N) is 3. The Morgan fingerprint density at radius 3 is 2.39 bits per heavy atom. The molecule has 3 N–H and O–H groups in total. The van der Waals surface area contributed by atoms with Crippen LogP contribution in [0.15, 0.2) is 48.8 Å². The van der Waals surface area contributed by atoms with Gasteiger partial charge < -0.3 is 20.7 Å². The molecule has 3 atom stereocenters. The lowest BCUT2D eigenvalue weighted by Gasteiger charge is -2.35. The number of hydrogen-bond donors (Lipinski definition) is 3. The molecule has 2 amide bonds. The third-order valence-electron chi connectivity index (χ3n) is 7.61. The van der Waals surface area contributed by atoms with Crippen molar-refractivity contribution in [2.45, 2.75) is 71.4 Å². The molecule has 7 nitrogen and oxygen atoms in total. The first-order chi connectivity index (χ1) is 20.8. The van der Waals surface area contributed by atoms with E-state index >= 15 is 4.39 Å². The molecule has 2 aromatic carbocycles. The Morgan fingerprint density at radius 1 is 1.02 bits per heavy atom. The summed E-state index contributed by atoms with van der Waals surface area (Å²) in [5.41, 5.74) is 0.935. The zero-order chi connectivity index (χ0) is 32.2. The number of ether oxygens (including phenoxy) is 1. The molecule has 1 aromatic heterocycles. The summed E-state index contributed by atoms with van der Waals surface area (Å²) in [4.78, 5) is 30.3. The first kappa shape index (κ1) is 32.6. The molecular formula is C34H43F3N4O3. The normalized spacial score (nSPS) is 18.8. The molecule has 44 heavy (non-hydrogen) atoms. The van der Waals surface area contributed by atoms with E-state index in [1.807, 2.05) is 26.8 Å². The molecule has 0 radical (unpaired) electrons. The fourth-order valence-corrected chi connectivity index (χ4v) is 5.86. The molecule has 1 unspecified atom stereocenters. The highest BCUT2D eigenvalue weighted by Crippen LogP contribution is 2.39. The molecule has 0 aliphatic heterocycles. The Labute approximate surface area is 259 Å². The lowest BCUT2D eigenvalue weighted by molar-refractivity contribution is 0.0482. The van der Waals surface area contributed by atoms with Gasteiger partial charge in [-0.25, -0.2) is 18.0 Å². The number of allylic oxidation sites excluding steroid dienone is 1. The van der Waals surface area contributed by atoms with Gasteiger partial charge in [0.15, 0.2) is 0 Å². The van der Waals surface area contributed by atoms with Crippen molar-refractivity contribution in [1.82, 2.24) is 10.3 Å². The van der Waals surface area contributed by atoms with Gasteiger partial charge in [0.25, 0.3) is 5.91 Å². The Bertz CT molecular complexity index is 1560. The average molecular weight is 613 g/mol. The molecule has 0 spiro atoms. The lowest BCUT2D eigenvalue weighted by Crippen LogP contribution is -2.42. The highest BCUT2D eigenvalue weighted by Gasteiger charge is 2.31. The van der Waals surface area contributed by atoms with E-state index in [9.17, 15) is 18.4 Å². The average Bonchev–Trinajstić information content (AvgIpc) is 2.92. The summed E-state index contributed by atoms with van der Waals surface area (Å²) in [5.74, 6) is -2.41. The minimum atomic E-state index is -0.774. The fourth-order valence-electron chi connectivity index (χ4n) is 5.86. The number of pyridine rings is 1. The van der Waals surface area contributed by atoms with Crippen molar-refractivity contribution >= 4 is 35.0 Å². The van der Waals surface area contributed by atoms with Crippen molar-refractivity contribution in [3.05, 3.63) is 88.5 Å². The quantitative estimate of drug-likeness (QED) is 0.232. The van der Waals surface area contributed by atoms with E-state index in [0.717, 1.165) is 36.6 Å². The lowest BCUT2D eigenvalue weighted by atomic mass is 9.76. The smallest absolute Gasteiger partial charge is 0.407 e. The molecule has 10 heteroatoms. The zero-order valence-corrected chi connectivity index (χ0v) is 25.9. The van der Waals surface area contributed by atoms with Gasteiger partial charge in [0, 0.05) is 33.3 Å². The molecule has 1 fully saturated rings. The Balaban J connectivity index is 0.00000368. The van der Waals surface area contributed by atoms with Crippen LogP contribution in [0.4, 0.5) is 29.3 Å². The van der Waals surface area contributed by atoms with Crippen LogP contribution in [0.1, 0.15) is 89.7 Å². The summed E-state index contributed by atoms with van der Waals surface area (Å²) in [6.45, 7) is 9.04. The van der Waals surface area contributed by atoms with Gasteiger partial charge in [0.05, 0.1) is 23.1 Å². The van der Waals surface area contributed by atoms with Crippen LogP contribution in [0.5, 0.6) is 0 Å². The van der Waals surface area contributed by atoms with Crippen LogP contribution in [-0.2, 0) is 4.74 Å². The van der Waals surface area contributed by atoms with Crippen LogP contribution in [0, 0.1) is 23.4 Å². The minimum Gasteiger partial charge on any atom is -0.444 e. The summed E-state index contributed by atoms with van der Waals surface area (Å²) >= 11 is 0. The second kappa shape index (κ2) is 13.5. The molecule has 3 aromatic rings. The van der Waals surface area contributed by atoms with Gasteiger partial charge in [-0.3, -0.25) is 9.78 Å². The van der Waals surface area contributed by atoms with Crippen molar-refractivity contribution < 1.29 is 30.4 Å². The van der Waals surface area contributed by atoms with Crippen LogP contribution < -0.4 is 16.0 Å². The first-order valence-corrected chi connectivity index (χ1v) is 14.6. The number of amides is 2. The number of carbonyl (C=O) groups excluding carboxylic acids is 2. The van der Waals surface area contributed by atoms with Crippen LogP contribution >= 0.6 is 0 Å². The molecule has 238 valence electrons. The number of alkyl carbamates (subject to hydrolysis) is 1. The Morgan fingerprint density at radius 2 is 1.73 bits per heavy atom. The molecular weight excluding hydrogens is 569 g/mol. The number of halogens is 3. The fraction of sp³-hybridized carbons (Fsp3) is 0.382. The minimum absolute atomic E-state index is 0. The Hall–Kier alpha value is -4.34. The van der Waals surface area contributed by atoms with Crippen molar-refractivity contribution in [1.29, 1.82) is 0 Å². The maximum atomic E-state index is 15.1. The van der Waals surface area contributed by atoms with Crippen molar-refractivity contribution in [3.63, 3.8) is 0 Å². The SMILES string of the molecule is CNc1c(C(=O)Nc2cnccc2[C@H]2CC(NC(=O)OC(C)(C)C)C[C@@H](C)C2)ccc(F)c1/C=C(\C)c1c(F)cccc1F.[HH].[HH]. The molecule has 1 heterocycles. The maximum Gasteiger partial charge on any atom is 0.407 e. The van der Waals surface area contributed by atoms with Gasteiger partial charge in [-0.05, 0) is 106 Å². The first-order valence-electron chi connectivity index (χ1n) is 14.6. The van der Waals surface area contributed by atoms with E-state index in [-0.39, 0.29) is 42.8 Å². The van der Waals surface area contributed by atoms with E-state index in [1.165, 1.54) is 25.1 Å². The molecule has 0 bridgehead atoms. The Kier molecular flexibility index (Phi) is 10.0. The van der Waals surface area contributed by atoms with E-state index in [2.05, 4.69) is 27.9 Å². The number of carbonyl (C=O) groups is 2. The van der Waals surface area contributed by atoms with Crippen LogP contribution in [0.25, 0.3) is 11.6 Å². The monoisotopic (exact) mass is 612 g/mol. The number of rotatable bonds is 7. The number of benzene rings is 2. The zero-order valence-electron chi connectivity index (χ0n) is 25.9. The highest BCUT2D eigenvalue weighted by molar-refractivity contribution is 6.09. The van der Waals surface area contributed by atoms with Gasteiger partial charge in [-0.1, -0.05) is 13.0 Å². The van der Waals surface area contributed by atoms with Gasteiger partial charge in [0.1, 0.15) is 23.1 Å². The van der Waals surface area contributed by atoms with E-state index in [4.69, 9.17) is 4.74 Å². The van der Waals surface area contributed by atoms with E-state index < -0.39 is 35.1 Å². The number of nitrogens with zero attached hydrogens (tertiary/aromatic N) is 1. The standard InChI is InChI=1S/C34H39F3N4O3.2H2/c1-19-14-21(17-22(15-19)40-33(43)44-34(3,4)5)23-12-13-39-18-29(23)41-32(42)24-10-11-26(35)25(31(24)38-6)16-20(2)30-27(36)8-7-9-28(30)37;;/h7-13,16,18-19,21-22,38H,14-15,17H2,1-6H3,(H,40,43)(H,41,42);2*1H/b20-16+;;/t19-,21+,22?;;/m0../s1. The summed E-state index contributed by atoms with van der Waals surface area (Å²) < 4.78 is 49.4. The molecule has 1 aliphatic rings. The number of hydrogen-bond acceptors (Lipinski definition) is 5. The van der Waals surface area contributed by atoms with Gasteiger partial charge >= 0.3 is 6.09 Å². The molecule has 1 aliphatic carbocycles. The third kappa shape index (κ3) is 7.78. The van der Waals surface area contributed by atoms with Crippen molar-refractivity contribution in [2.75, 3.05) is 17.7 Å². The van der Waals surface area contributed by atoms with Gasteiger partial charge in [-0.2, -0.15) is 0 Å². The van der Waals surface area contributed by atoms with Crippen LogP contribution in [-0.4, -0.2) is 35.7 Å². The molecule has 0 saturated heterocycles. The summed E-state index contributed by atoms with van der Waals surface area (Å²) in [6.07, 6.45) is 6.37. The maximum absolute atomic E-state index is 15.1. The van der Waals surface area contributed by atoms with Crippen LogP contribution in [0.2, 0.25) is 0 Å². The van der Waals surface area contributed by atoms with Crippen molar-refractivity contribution in [2.24, 2.45) is 5.92 Å². The predicted octanol–water partition coefficient (Wildman–Crippen LogP) is 8.64. The number of aromatic nitrogens is 1. The molecule has 4 rings (SSSR count). The van der Waals surface area contributed by atoms with E-state index in [0.29, 0.717) is 18.0 Å². The van der Waals surface area contributed by atoms with Crippen LogP contribution in [0.3, 0.4) is 0 Å². The summed E-state index contributed by atoms with van der Waals surface area (Å²) in [6, 6.07) is 7.75. The topological polar surface area (TPSA) is 92.4 Å². The second-order valence-electron chi connectivity index (χ2n) is 12.3. The summed E-state index contributed by atoms with van der Waals surface area (Å²) in [5, 5.41) is 8.81. The van der Waals surface area contributed by atoms with Crippen molar-refractivity contribution in [3.8, 4) is 0 Å². The highest BCUT2D eigenvalue weighted by atomic mass is 19.1. The largest absolute Gasteiger partial charge is 0.444 e. The molecule has 1 saturated carbocycles. The third-order valence-corrected chi connectivity index (χ3v) is 7.61. The van der Waals surface area contributed by atoms with Gasteiger partial charge in [0.2, 0.25) is 0 Å². The van der Waals surface area contributed by atoms with E-state index in [1.54, 1.807) is 19.4 Å².